The number of amides is 1. The van der Waals surface area contributed by atoms with Gasteiger partial charge in [0, 0.05) is 37.6 Å². The molecule has 8 nitrogen and oxygen atoms in total. The Labute approximate surface area is 168 Å². The Morgan fingerprint density at radius 3 is 3.00 bits per heavy atom. The molecule has 1 atom stereocenters. The van der Waals surface area contributed by atoms with Crippen LogP contribution in [0.3, 0.4) is 0 Å². The third kappa shape index (κ3) is 3.44. The lowest BCUT2D eigenvalue weighted by molar-refractivity contribution is -0.137. The van der Waals surface area contributed by atoms with Gasteiger partial charge in [-0.05, 0) is 18.2 Å². The lowest BCUT2D eigenvalue weighted by Crippen LogP contribution is -2.37. The van der Waals surface area contributed by atoms with Gasteiger partial charge in [-0.1, -0.05) is 17.9 Å². The third-order valence-electron chi connectivity index (χ3n) is 5.28. The van der Waals surface area contributed by atoms with E-state index in [9.17, 15) is 14.7 Å². The SMILES string of the molecule is CN1CCC(O)(C#Cc2cccc(-n3nc(C(=O)CN)c4c3CCOC4)c2)C1=O. The molecule has 3 N–H and O–H groups in total. The van der Waals surface area contributed by atoms with Gasteiger partial charge in [0.25, 0.3) is 5.91 Å². The Morgan fingerprint density at radius 2 is 2.28 bits per heavy atom. The maximum Gasteiger partial charge on any atom is 0.267 e. The maximum absolute atomic E-state index is 12.2. The molecule has 1 unspecified atom stereocenters. The fourth-order valence-electron chi connectivity index (χ4n) is 3.63. The minimum atomic E-state index is -1.65. The number of likely N-dealkylation sites (N-methyl/N-ethyl adjacent to an activating group) is 1. The van der Waals surface area contributed by atoms with Crippen molar-refractivity contribution in [3.8, 4) is 17.5 Å². The van der Waals surface area contributed by atoms with Crippen LogP contribution in [0.15, 0.2) is 24.3 Å². The lowest BCUT2D eigenvalue weighted by Gasteiger charge is -2.15. The van der Waals surface area contributed by atoms with Crippen LogP contribution in [0.5, 0.6) is 0 Å². The van der Waals surface area contributed by atoms with Crippen molar-refractivity contribution in [1.29, 1.82) is 0 Å². The van der Waals surface area contributed by atoms with Gasteiger partial charge in [0.1, 0.15) is 5.69 Å². The van der Waals surface area contributed by atoms with Crippen molar-refractivity contribution in [2.24, 2.45) is 5.73 Å². The summed E-state index contributed by atoms with van der Waals surface area (Å²) in [6, 6.07) is 7.31. The number of fused-ring (bicyclic) bond motifs is 1. The number of ketones is 1. The summed E-state index contributed by atoms with van der Waals surface area (Å²) in [7, 11) is 1.65. The van der Waals surface area contributed by atoms with Crippen molar-refractivity contribution < 1.29 is 19.4 Å². The Hall–Kier alpha value is -2.99. The van der Waals surface area contributed by atoms with Gasteiger partial charge in [0.05, 0.1) is 31.1 Å². The van der Waals surface area contributed by atoms with Crippen LogP contribution in [0, 0.1) is 11.8 Å². The van der Waals surface area contributed by atoms with Crippen LogP contribution < -0.4 is 5.73 Å². The zero-order valence-corrected chi connectivity index (χ0v) is 16.1. The number of likely N-dealkylation sites (tertiary alicyclic amines) is 1. The molecule has 1 amide bonds. The number of aliphatic hydroxyl groups is 1. The van der Waals surface area contributed by atoms with E-state index in [0.29, 0.717) is 37.4 Å². The first kappa shape index (κ1) is 19.3. The number of Topliss-reactive ketones (excluding diaryl/α,β-unsaturated/α-hetero) is 1. The summed E-state index contributed by atoms with van der Waals surface area (Å²) >= 11 is 0. The lowest BCUT2D eigenvalue weighted by atomic mass is 10.0. The Morgan fingerprint density at radius 1 is 1.45 bits per heavy atom. The van der Waals surface area contributed by atoms with E-state index in [-0.39, 0.29) is 24.7 Å². The molecule has 8 heteroatoms. The number of carbonyl (C=O) groups is 2. The quantitative estimate of drug-likeness (QED) is 0.561. The molecular formula is C21H22N4O4. The van der Waals surface area contributed by atoms with Crippen molar-refractivity contribution >= 4 is 11.7 Å². The van der Waals surface area contributed by atoms with E-state index in [4.69, 9.17) is 10.5 Å². The number of hydrogen-bond donors (Lipinski definition) is 2. The minimum Gasteiger partial charge on any atom is -0.376 e. The summed E-state index contributed by atoms with van der Waals surface area (Å²) in [6.45, 7) is 1.25. The Bertz CT molecular complexity index is 1050. The van der Waals surface area contributed by atoms with Gasteiger partial charge in [-0.25, -0.2) is 4.68 Å². The molecule has 0 radical (unpaired) electrons. The molecule has 150 valence electrons. The average molecular weight is 394 g/mol. The van der Waals surface area contributed by atoms with Crippen LogP contribution in [0.2, 0.25) is 0 Å². The van der Waals surface area contributed by atoms with E-state index >= 15 is 0 Å². The van der Waals surface area contributed by atoms with Crippen LogP contribution in [0.4, 0.5) is 0 Å². The molecule has 0 spiro atoms. The van der Waals surface area contributed by atoms with E-state index in [2.05, 4.69) is 16.9 Å². The summed E-state index contributed by atoms with van der Waals surface area (Å²) in [5.74, 6) is 5.02. The van der Waals surface area contributed by atoms with Crippen LogP contribution in [0.1, 0.15) is 33.7 Å². The highest BCUT2D eigenvalue weighted by Crippen LogP contribution is 2.25. The smallest absolute Gasteiger partial charge is 0.267 e. The second-order valence-electron chi connectivity index (χ2n) is 7.25. The fraction of sp³-hybridized carbons (Fsp3) is 0.381. The molecule has 2 aliphatic heterocycles. The van der Waals surface area contributed by atoms with E-state index in [0.717, 1.165) is 16.9 Å². The van der Waals surface area contributed by atoms with Crippen molar-refractivity contribution in [2.75, 3.05) is 26.7 Å². The van der Waals surface area contributed by atoms with E-state index < -0.39 is 5.60 Å². The molecule has 0 aliphatic carbocycles. The molecule has 2 aromatic rings. The van der Waals surface area contributed by atoms with Gasteiger partial charge in [-0.3, -0.25) is 9.59 Å². The molecule has 1 aromatic heterocycles. The highest BCUT2D eigenvalue weighted by atomic mass is 16.5. The number of rotatable bonds is 3. The molecule has 4 rings (SSSR count). The van der Waals surface area contributed by atoms with Crippen LogP contribution in [0.25, 0.3) is 5.69 Å². The number of carbonyl (C=O) groups excluding carboxylic acids is 2. The molecule has 1 fully saturated rings. The zero-order valence-electron chi connectivity index (χ0n) is 16.1. The predicted octanol–water partition coefficient (Wildman–Crippen LogP) is 0.0311. The fourth-order valence-corrected chi connectivity index (χ4v) is 3.63. The van der Waals surface area contributed by atoms with Crippen LogP contribution >= 0.6 is 0 Å². The largest absolute Gasteiger partial charge is 0.376 e. The molecule has 0 saturated carbocycles. The van der Waals surface area contributed by atoms with E-state index in [1.807, 2.05) is 18.2 Å². The van der Waals surface area contributed by atoms with Gasteiger partial charge in [0.15, 0.2) is 5.78 Å². The Kier molecular flexibility index (Phi) is 4.96. The molecule has 3 heterocycles. The summed E-state index contributed by atoms with van der Waals surface area (Å²) in [5, 5.41) is 15.0. The van der Waals surface area contributed by atoms with Crippen molar-refractivity contribution in [3.05, 3.63) is 46.8 Å². The van der Waals surface area contributed by atoms with Gasteiger partial charge < -0.3 is 20.5 Å². The Balaban J connectivity index is 1.71. The number of ether oxygens (including phenoxy) is 1. The van der Waals surface area contributed by atoms with Gasteiger partial charge in [-0.2, -0.15) is 5.10 Å². The van der Waals surface area contributed by atoms with Crippen LogP contribution in [-0.4, -0.2) is 63.8 Å². The minimum absolute atomic E-state index is 0.115. The first-order valence-electron chi connectivity index (χ1n) is 9.46. The summed E-state index contributed by atoms with van der Waals surface area (Å²) in [4.78, 5) is 25.8. The highest BCUT2D eigenvalue weighted by molar-refractivity contribution is 5.97. The number of aromatic nitrogens is 2. The predicted molar refractivity (Wildman–Crippen MR) is 104 cm³/mol. The molecule has 29 heavy (non-hydrogen) atoms. The van der Waals surface area contributed by atoms with E-state index in [1.165, 1.54) is 4.90 Å². The maximum atomic E-state index is 12.2. The normalized spacial score (nSPS) is 20.9. The number of hydrogen-bond acceptors (Lipinski definition) is 6. The molecular weight excluding hydrogens is 372 g/mol. The van der Waals surface area contributed by atoms with Gasteiger partial charge in [0.2, 0.25) is 5.60 Å². The summed E-state index contributed by atoms with van der Waals surface area (Å²) in [6.07, 6.45) is 0.920. The zero-order chi connectivity index (χ0) is 20.6. The highest BCUT2D eigenvalue weighted by Gasteiger charge is 2.42. The van der Waals surface area contributed by atoms with E-state index in [1.54, 1.807) is 17.8 Å². The number of nitrogens with zero attached hydrogens (tertiary/aromatic N) is 3. The van der Waals surface area contributed by atoms with Crippen molar-refractivity contribution in [1.82, 2.24) is 14.7 Å². The second-order valence-corrected chi connectivity index (χ2v) is 7.25. The molecule has 0 bridgehead atoms. The standard InChI is InChI=1S/C21H22N4O4/c1-24-9-8-21(28,20(24)27)7-5-14-3-2-4-15(11-14)25-17-6-10-29-13-16(17)19(23-25)18(26)12-22/h2-4,11,28H,6,8-10,12-13,22H2,1H3. The molecule has 1 saturated heterocycles. The van der Waals surface area contributed by atoms with Crippen molar-refractivity contribution in [2.45, 2.75) is 25.0 Å². The van der Waals surface area contributed by atoms with Gasteiger partial charge >= 0.3 is 0 Å². The molecule has 2 aliphatic rings. The monoisotopic (exact) mass is 394 g/mol. The average Bonchev–Trinajstić information content (AvgIpc) is 3.26. The number of benzene rings is 1. The second kappa shape index (κ2) is 7.44. The summed E-state index contributed by atoms with van der Waals surface area (Å²) in [5.41, 5.74) is 7.30. The summed E-state index contributed by atoms with van der Waals surface area (Å²) < 4.78 is 7.23. The van der Waals surface area contributed by atoms with Crippen LogP contribution in [-0.2, 0) is 22.6 Å². The third-order valence-corrected chi connectivity index (χ3v) is 5.28. The van der Waals surface area contributed by atoms with Gasteiger partial charge in [-0.15, -0.1) is 0 Å². The first-order valence-corrected chi connectivity index (χ1v) is 9.46. The molecule has 1 aromatic carbocycles. The van der Waals surface area contributed by atoms with Crippen molar-refractivity contribution in [3.63, 3.8) is 0 Å². The topological polar surface area (TPSA) is 111 Å². The number of nitrogens with two attached hydrogens (primary N) is 1. The first-order chi connectivity index (χ1) is 13.9.